The topological polar surface area (TPSA) is 88.5 Å². The lowest BCUT2D eigenvalue weighted by Crippen LogP contribution is -2.42. The van der Waals surface area contributed by atoms with Crippen molar-refractivity contribution in [3.63, 3.8) is 0 Å². The van der Waals surface area contributed by atoms with Gasteiger partial charge in [-0.3, -0.25) is 9.78 Å². The Morgan fingerprint density at radius 2 is 1.85 bits per heavy atom. The largest absolute Gasteiger partial charge is 0.497 e. The maximum atomic E-state index is 12.6. The third kappa shape index (κ3) is 3.80. The molecule has 3 aromatic rings. The molecule has 0 unspecified atom stereocenters. The molecule has 0 aliphatic rings. The van der Waals surface area contributed by atoms with Crippen LogP contribution in [0.3, 0.4) is 0 Å². The average Bonchev–Trinajstić information content (AvgIpc) is 2.67. The minimum Gasteiger partial charge on any atom is -0.497 e. The van der Waals surface area contributed by atoms with Gasteiger partial charge in [0.15, 0.2) is 0 Å². The van der Waals surface area contributed by atoms with Crippen molar-refractivity contribution in [1.82, 2.24) is 10.3 Å². The molecule has 3 rings (SSSR count). The van der Waals surface area contributed by atoms with Gasteiger partial charge in [-0.15, -0.1) is 0 Å². The van der Waals surface area contributed by atoms with Crippen molar-refractivity contribution >= 4 is 22.8 Å². The number of hydrogen-bond acceptors (Lipinski definition) is 4. The molecule has 0 spiro atoms. The Labute approximate surface area is 150 Å². The second kappa shape index (κ2) is 7.65. The number of ether oxygens (including phenoxy) is 1. The molecule has 1 heterocycles. The number of rotatable bonds is 6. The number of carboxylic acid groups (broad SMARTS) is 1. The second-order valence-electron chi connectivity index (χ2n) is 5.79. The molecule has 2 aromatic carbocycles. The summed E-state index contributed by atoms with van der Waals surface area (Å²) in [5.74, 6) is -0.843. The van der Waals surface area contributed by atoms with E-state index in [0.29, 0.717) is 22.2 Å². The predicted molar refractivity (Wildman–Crippen MR) is 97.3 cm³/mol. The maximum absolute atomic E-state index is 12.6. The molecule has 132 valence electrons. The Kier molecular flexibility index (Phi) is 5.12. The zero-order valence-electron chi connectivity index (χ0n) is 14.2. The third-order valence-corrected chi connectivity index (χ3v) is 4.10. The number of hydrogen-bond donors (Lipinski definition) is 2. The van der Waals surface area contributed by atoms with E-state index in [2.05, 4.69) is 10.3 Å². The highest BCUT2D eigenvalue weighted by molar-refractivity contribution is 6.06. The first-order valence-corrected chi connectivity index (χ1v) is 8.09. The number of fused-ring (bicyclic) bond motifs is 1. The molecule has 0 saturated carbocycles. The van der Waals surface area contributed by atoms with E-state index >= 15 is 0 Å². The molecule has 1 amide bonds. The van der Waals surface area contributed by atoms with Gasteiger partial charge in [0, 0.05) is 18.0 Å². The number of aliphatic carboxylic acids is 1. The van der Waals surface area contributed by atoms with Crippen molar-refractivity contribution in [3.8, 4) is 5.75 Å². The van der Waals surface area contributed by atoms with Gasteiger partial charge >= 0.3 is 5.97 Å². The third-order valence-electron chi connectivity index (χ3n) is 4.10. The van der Waals surface area contributed by atoms with Gasteiger partial charge < -0.3 is 15.2 Å². The summed E-state index contributed by atoms with van der Waals surface area (Å²) in [7, 11) is 1.56. The molecule has 0 aliphatic heterocycles. The fourth-order valence-corrected chi connectivity index (χ4v) is 2.73. The van der Waals surface area contributed by atoms with Crippen LogP contribution in [0, 0.1) is 0 Å². The van der Waals surface area contributed by atoms with Gasteiger partial charge in [-0.1, -0.05) is 30.3 Å². The number of para-hydroxylation sites is 1. The molecule has 0 bridgehead atoms. The maximum Gasteiger partial charge on any atom is 0.326 e. The van der Waals surface area contributed by atoms with Gasteiger partial charge in [-0.05, 0) is 29.8 Å². The van der Waals surface area contributed by atoms with Gasteiger partial charge in [0.1, 0.15) is 11.8 Å². The molecule has 1 aromatic heterocycles. The van der Waals surface area contributed by atoms with Crippen LogP contribution in [0.5, 0.6) is 5.75 Å². The Morgan fingerprint density at radius 1 is 1.12 bits per heavy atom. The molecule has 6 heteroatoms. The minimum absolute atomic E-state index is 0.175. The first-order chi connectivity index (χ1) is 12.6. The van der Waals surface area contributed by atoms with Crippen LogP contribution in [0.25, 0.3) is 10.9 Å². The Balaban J connectivity index is 1.80. The molecular formula is C20H18N2O4. The van der Waals surface area contributed by atoms with Crippen LogP contribution >= 0.6 is 0 Å². The fourth-order valence-electron chi connectivity index (χ4n) is 2.73. The van der Waals surface area contributed by atoms with E-state index in [1.165, 1.54) is 6.20 Å². The number of pyridine rings is 1. The number of carboxylic acids is 1. The van der Waals surface area contributed by atoms with Gasteiger partial charge in [0.25, 0.3) is 5.91 Å². The lowest BCUT2D eigenvalue weighted by atomic mass is 10.0. The average molecular weight is 350 g/mol. The van der Waals surface area contributed by atoms with Gasteiger partial charge in [0.05, 0.1) is 18.2 Å². The summed E-state index contributed by atoms with van der Waals surface area (Å²) in [6.45, 7) is 0. The molecule has 6 nitrogen and oxygen atoms in total. The molecular weight excluding hydrogens is 332 g/mol. The summed E-state index contributed by atoms with van der Waals surface area (Å²) in [6.07, 6.45) is 1.71. The van der Waals surface area contributed by atoms with Gasteiger partial charge in [-0.25, -0.2) is 4.79 Å². The van der Waals surface area contributed by atoms with Crippen molar-refractivity contribution in [1.29, 1.82) is 0 Å². The first-order valence-electron chi connectivity index (χ1n) is 8.09. The summed E-state index contributed by atoms with van der Waals surface area (Å²) in [4.78, 5) is 28.5. The van der Waals surface area contributed by atoms with Crippen LogP contribution in [0.1, 0.15) is 15.9 Å². The summed E-state index contributed by atoms with van der Waals surface area (Å²) < 4.78 is 5.09. The number of aromatic nitrogens is 1. The standard InChI is InChI=1S/C20H18N2O4/c1-26-14-8-6-13(7-9-14)12-18(20(24)25)22-19(23)16-10-11-21-17-5-3-2-4-15(16)17/h2-11,18H,12H2,1H3,(H,22,23)(H,24,25)/t18-/m1/s1. The zero-order valence-corrected chi connectivity index (χ0v) is 14.2. The summed E-state index contributed by atoms with van der Waals surface area (Å²) in [6, 6.07) is 14.9. The number of carbonyl (C=O) groups is 2. The summed E-state index contributed by atoms with van der Waals surface area (Å²) in [5.41, 5.74) is 1.87. The lowest BCUT2D eigenvalue weighted by molar-refractivity contribution is -0.139. The highest BCUT2D eigenvalue weighted by Gasteiger charge is 2.22. The molecule has 0 aliphatic carbocycles. The molecule has 2 N–H and O–H groups in total. The number of carbonyl (C=O) groups excluding carboxylic acids is 1. The monoisotopic (exact) mass is 350 g/mol. The Hall–Kier alpha value is -3.41. The lowest BCUT2D eigenvalue weighted by Gasteiger charge is -2.15. The zero-order chi connectivity index (χ0) is 18.5. The quantitative estimate of drug-likeness (QED) is 0.713. The molecule has 0 saturated heterocycles. The highest BCUT2D eigenvalue weighted by Crippen LogP contribution is 2.17. The van der Waals surface area contributed by atoms with Crippen LogP contribution in [0.2, 0.25) is 0 Å². The van der Waals surface area contributed by atoms with Crippen molar-refractivity contribution < 1.29 is 19.4 Å². The first kappa shape index (κ1) is 17.4. The van der Waals surface area contributed by atoms with Crippen LogP contribution in [0.4, 0.5) is 0 Å². The SMILES string of the molecule is COc1ccc(C[C@@H](NC(=O)c2ccnc3ccccc23)C(=O)O)cc1. The van der Waals surface area contributed by atoms with Crippen molar-refractivity contribution in [2.75, 3.05) is 7.11 Å². The van der Waals surface area contributed by atoms with Crippen molar-refractivity contribution in [2.24, 2.45) is 0 Å². The van der Waals surface area contributed by atoms with Gasteiger partial charge in [0.2, 0.25) is 0 Å². The van der Waals surface area contributed by atoms with Gasteiger partial charge in [-0.2, -0.15) is 0 Å². The number of methoxy groups -OCH3 is 1. The number of nitrogens with zero attached hydrogens (tertiary/aromatic N) is 1. The Bertz CT molecular complexity index is 933. The molecule has 0 radical (unpaired) electrons. The fraction of sp³-hybridized carbons (Fsp3) is 0.150. The molecule has 26 heavy (non-hydrogen) atoms. The van der Waals surface area contributed by atoms with E-state index in [4.69, 9.17) is 4.74 Å². The normalized spacial score (nSPS) is 11.7. The van der Waals surface area contributed by atoms with E-state index in [1.54, 1.807) is 49.6 Å². The Morgan fingerprint density at radius 3 is 2.54 bits per heavy atom. The highest BCUT2D eigenvalue weighted by atomic mass is 16.5. The van der Waals surface area contributed by atoms with E-state index in [1.807, 2.05) is 12.1 Å². The number of amides is 1. The summed E-state index contributed by atoms with van der Waals surface area (Å²) in [5, 5.41) is 12.8. The second-order valence-corrected chi connectivity index (χ2v) is 5.79. The number of nitrogens with one attached hydrogen (secondary N) is 1. The van der Waals surface area contributed by atoms with E-state index in [9.17, 15) is 14.7 Å². The van der Waals surface area contributed by atoms with E-state index in [0.717, 1.165) is 5.56 Å². The van der Waals surface area contributed by atoms with Crippen molar-refractivity contribution in [3.05, 3.63) is 71.9 Å². The van der Waals surface area contributed by atoms with E-state index < -0.39 is 17.9 Å². The van der Waals surface area contributed by atoms with E-state index in [-0.39, 0.29) is 6.42 Å². The number of benzene rings is 2. The predicted octanol–water partition coefficient (Wildman–Crippen LogP) is 2.67. The molecule has 1 atom stereocenters. The summed E-state index contributed by atoms with van der Waals surface area (Å²) >= 11 is 0. The van der Waals surface area contributed by atoms with Crippen LogP contribution < -0.4 is 10.1 Å². The minimum atomic E-state index is -1.09. The van der Waals surface area contributed by atoms with Crippen LogP contribution in [0.15, 0.2) is 60.8 Å². The van der Waals surface area contributed by atoms with Crippen LogP contribution in [-0.2, 0) is 11.2 Å². The molecule has 0 fully saturated rings. The van der Waals surface area contributed by atoms with Crippen molar-refractivity contribution in [2.45, 2.75) is 12.5 Å². The smallest absolute Gasteiger partial charge is 0.326 e. The van der Waals surface area contributed by atoms with Crippen LogP contribution in [-0.4, -0.2) is 35.1 Å².